The summed E-state index contributed by atoms with van der Waals surface area (Å²) in [6.07, 6.45) is 11.9. The van der Waals surface area contributed by atoms with Crippen molar-refractivity contribution in [3.05, 3.63) is 0 Å². The van der Waals surface area contributed by atoms with Crippen LogP contribution in [0.1, 0.15) is 91.9 Å². The number of fused-ring (bicyclic) bond motifs is 2. The molecule has 1 heterocycles. The number of carbonyl (C=O) groups is 2. The number of Topliss-reactive ketones (excluding diaryl/α,β-unsaturated/α-hetero) is 1. The Hall–Kier alpha value is -0.860. The number of carbonyl (C=O) groups excluding carboxylic acids is 2. The molecule has 1 saturated heterocycles. The summed E-state index contributed by atoms with van der Waals surface area (Å²) in [7, 11) is 0. The van der Waals surface area contributed by atoms with Crippen LogP contribution in [0, 0.1) is 50.7 Å². The van der Waals surface area contributed by atoms with E-state index in [2.05, 4.69) is 27.7 Å². The highest BCUT2D eigenvalue weighted by molar-refractivity contribution is 5.86. The Morgan fingerprint density at radius 1 is 0.828 bits per heavy atom. The van der Waals surface area contributed by atoms with Gasteiger partial charge >= 0.3 is 5.97 Å². The van der Waals surface area contributed by atoms with E-state index in [1.165, 1.54) is 44.9 Å². The third-order valence-electron chi connectivity index (χ3n) is 12.4. The Morgan fingerprint density at radius 3 is 2.28 bits per heavy atom. The van der Waals surface area contributed by atoms with E-state index >= 15 is 0 Å². The number of hydrogen-bond donors (Lipinski definition) is 0. The lowest BCUT2D eigenvalue weighted by Gasteiger charge is -2.62. The third kappa shape index (κ3) is 1.94. The van der Waals surface area contributed by atoms with Gasteiger partial charge in [0.05, 0.1) is 13.0 Å². The van der Waals surface area contributed by atoms with E-state index in [1.54, 1.807) is 0 Å². The number of ether oxygens (including phenoxy) is 1. The first-order valence-electron chi connectivity index (χ1n) is 12.3. The lowest BCUT2D eigenvalue weighted by atomic mass is 9.42. The van der Waals surface area contributed by atoms with Crippen molar-refractivity contribution in [2.45, 2.75) is 91.9 Å². The SMILES string of the molecule is CC1(C)C(=O)CCC23CC24CCC2(C)C(C5COC(=O)C5)CCC2(C)C4CCC13. The zero-order valence-electron chi connectivity index (χ0n) is 18.8. The van der Waals surface area contributed by atoms with Crippen molar-refractivity contribution in [3.8, 4) is 0 Å². The molecular weight excluding hydrogens is 360 g/mol. The largest absolute Gasteiger partial charge is 0.465 e. The number of esters is 1. The summed E-state index contributed by atoms with van der Waals surface area (Å²) < 4.78 is 5.40. The summed E-state index contributed by atoms with van der Waals surface area (Å²) in [5.41, 5.74) is 1.59. The van der Waals surface area contributed by atoms with Crippen LogP contribution < -0.4 is 0 Å². The van der Waals surface area contributed by atoms with Crippen molar-refractivity contribution in [2.75, 3.05) is 6.61 Å². The molecule has 3 nitrogen and oxygen atoms in total. The van der Waals surface area contributed by atoms with Gasteiger partial charge in [-0.15, -0.1) is 0 Å². The fourth-order valence-corrected chi connectivity index (χ4v) is 10.8. The van der Waals surface area contributed by atoms with Gasteiger partial charge in [0.25, 0.3) is 0 Å². The van der Waals surface area contributed by atoms with E-state index in [9.17, 15) is 9.59 Å². The number of ketones is 1. The van der Waals surface area contributed by atoms with Gasteiger partial charge in [-0.1, -0.05) is 27.7 Å². The van der Waals surface area contributed by atoms with E-state index in [-0.39, 0.29) is 11.4 Å². The van der Waals surface area contributed by atoms with E-state index in [0.717, 1.165) is 18.8 Å². The summed E-state index contributed by atoms with van der Waals surface area (Å²) in [4.78, 5) is 24.6. The average Bonchev–Trinajstić information content (AvgIpc) is 3.00. The molecule has 0 bridgehead atoms. The van der Waals surface area contributed by atoms with Gasteiger partial charge in [-0.2, -0.15) is 0 Å². The van der Waals surface area contributed by atoms with Crippen molar-refractivity contribution >= 4 is 11.8 Å². The first kappa shape index (κ1) is 18.9. The molecule has 160 valence electrons. The van der Waals surface area contributed by atoms with Gasteiger partial charge in [-0.05, 0) is 90.8 Å². The molecule has 0 radical (unpaired) electrons. The second-order valence-electron chi connectivity index (χ2n) is 12.9. The molecule has 6 rings (SSSR count). The molecule has 3 heteroatoms. The Morgan fingerprint density at radius 2 is 1.55 bits per heavy atom. The molecule has 8 unspecified atom stereocenters. The maximum atomic E-state index is 12.8. The topological polar surface area (TPSA) is 43.4 Å². The molecular formula is C26H38O3. The van der Waals surface area contributed by atoms with Gasteiger partial charge in [0.2, 0.25) is 0 Å². The number of hydrogen-bond acceptors (Lipinski definition) is 3. The molecule has 29 heavy (non-hydrogen) atoms. The zero-order chi connectivity index (χ0) is 20.4. The molecule has 8 atom stereocenters. The smallest absolute Gasteiger partial charge is 0.306 e. The Bertz CT molecular complexity index is 800. The predicted octanol–water partition coefficient (Wildman–Crippen LogP) is 5.56. The van der Waals surface area contributed by atoms with Crippen molar-refractivity contribution in [1.82, 2.24) is 0 Å². The molecule has 0 aromatic rings. The summed E-state index contributed by atoms with van der Waals surface area (Å²) in [6, 6.07) is 0. The van der Waals surface area contributed by atoms with Gasteiger partial charge in [0, 0.05) is 17.8 Å². The van der Waals surface area contributed by atoms with Crippen LogP contribution in [0.15, 0.2) is 0 Å². The maximum Gasteiger partial charge on any atom is 0.306 e. The second kappa shape index (κ2) is 5.30. The molecule has 6 aliphatic rings. The predicted molar refractivity (Wildman–Crippen MR) is 111 cm³/mol. The normalized spacial score (nSPS) is 57.4. The third-order valence-corrected chi connectivity index (χ3v) is 12.4. The lowest BCUT2D eigenvalue weighted by molar-refractivity contribution is -0.157. The first-order chi connectivity index (χ1) is 13.6. The maximum absolute atomic E-state index is 12.8. The van der Waals surface area contributed by atoms with E-state index in [4.69, 9.17) is 4.74 Å². The Balaban J connectivity index is 1.35. The van der Waals surface area contributed by atoms with Crippen LogP contribution in [-0.2, 0) is 14.3 Å². The summed E-state index contributed by atoms with van der Waals surface area (Å²) >= 11 is 0. The van der Waals surface area contributed by atoms with Crippen molar-refractivity contribution in [1.29, 1.82) is 0 Å². The van der Waals surface area contributed by atoms with Crippen LogP contribution in [0.2, 0.25) is 0 Å². The molecule has 6 fully saturated rings. The van der Waals surface area contributed by atoms with Gasteiger partial charge in [-0.25, -0.2) is 0 Å². The standard InChI is InChI=1S/C26H38O3/c1-22(2)18-5-6-19-24(4)9-7-17(16-13-21(28)29-14-16)23(24,3)11-12-26(19)15-25(18,26)10-8-20(22)27/h16-19H,5-15H2,1-4H3. The average molecular weight is 399 g/mol. The Kier molecular flexibility index (Phi) is 3.45. The molecule has 0 amide bonds. The molecule has 0 N–H and O–H groups in total. The van der Waals surface area contributed by atoms with Gasteiger partial charge in [-0.3, -0.25) is 9.59 Å². The highest BCUT2D eigenvalue weighted by Crippen LogP contribution is 2.88. The highest BCUT2D eigenvalue weighted by atomic mass is 16.5. The summed E-state index contributed by atoms with van der Waals surface area (Å²) in [5.74, 6) is 3.06. The molecule has 2 spiro atoms. The second-order valence-corrected chi connectivity index (χ2v) is 12.9. The van der Waals surface area contributed by atoms with Gasteiger partial charge in [0.1, 0.15) is 5.78 Å². The molecule has 5 saturated carbocycles. The van der Waals surface area contributed by atoms with Crippen LogP contribution in [0.4, 0.5) is 0 Å². The van der Waals surface area contributed by atoms with Crippen molar-refractivity contribution < 1.29 is 14.3 Å². The fourth-order valence-electron chi connectivity index (χ4n) is 10.8. The van der Waals surface area contributed by atoms with Crippen molar-refractivity contribution in [3.63, 3.8) is 0 Å². The lowest BCUT2D eigenvalue weighted by Crippen LogP contribution is -2.57. The monoisotopic (exact) mass is 398 g/mol. The molecule has 5 aliphatic carbocycles. The first-order valence-corrected chi connectivity index (χ1v) is 12.3. The van der Waals surface area contributed by atoms with Crippen LogP contribution >= 0.6 is 0 Å². The molecule has 1 aliphatic heterocycles. The van der Waals surface area contributed by atoms with Gasteiger partial charge in [0.15, 0.2) is 0 Å². The van der Waals surface area contributed by atoms with E-state index in [1.807, 2.05) is 0 Å². The van der Waals surface area contributed by atoms with Gasteiger partial charge < -0.3 is 4.74 Å². The van der Waals surface area contributed by atoms with E-state index in [0.29, 0.717) is 58.2 Å². The molecule has 0 aromatic heterocycles. The zero-order valence-corrected chi connectivity index (χ0v) is 18.8. The van der Waals surface area contributed by atoms with E-state index < -0.39 is 0 Å². The number of rotatable bonds is 1. The highest BCUT2D eigenvalue weighted by Gasteiger charge is 2.82. The summed E-state index contributed by atoms with van der Waals surface area (Å²) in [5, 5.41) is 0. The minimum Gasteiger partial charge on any atom is -0.465 e. The minimum atomic E-state index is -0.117. The summed E-state index contributed by atoms with van der Waals surface area (Å²) in [6.45, 7) is 10.4. The van der Waals surface area contributed by atoms with Crippen LogP contribution in [0.25, 0.3) is 0 Å². The van der Waals surface area contributed by atoms with Crippen LogP contribution in [-0.4, -0.2) is 18.4 Å². The minimum absolute atomic E-state index is 0.0234. The number of cyclic esters (lactones) is 1. The fraction of sp³-hybridized carbons (Fsp3) is 0.923. The molecule has 0 aromatic carbocycles. The quantitative estimate of drug-likeness (QED) is 0.543. The Labute approximate surface area is 175 Å². The van der Waals surface area contributed by atoms with Crippen LogP contribution in [0.5, 0.6) is 0 Å². The van der Waals surface area contributed by atoms with Crippen LogP contribution in [0.3, 0.4) is 0 Å². The van der Waals surface area contributed by atoms with Crippen molar-refractivity contribution in [2.24, 2.45) is 50.7 Å².